The van der Waals surface area contributed by atoms with Crippen LogP contribution in [0.4, 0.5) is 0 Å². The highest BCUT2D eigenvalue weighted by atomic mass is 15.2. The van der Waals surface area contributed by atoms with Crippen LogP contribution in [-0.4, -0.2) is 17.5 Å². The van der Waals surface area contributed by atoms with Crippen LogP contribution >= 0.6 is 0 Å². The number of likely N-dealkylation sites (tertiary alicyclic amines) is 1. The maximum Gasteiger partial charge on any atom is 0.0721 e. The van der Waals surface area contributed by atoms with Crippen molar-refractivity contribution >= 4 is 0 Å². The van der Waals surface area contributed by atoms with Crippen LogP contribution in [0.5, 0.6) is 0 Å². The van der Waals surface area contributed by atoms with Crippen molar-refractivity contribution in [3.05, 3.63) is 47.5 Å². The zero-order chi connectivity index (χ0) is 13.6. The van der Waals surface area contributed by atoms with Crippen molar-refractivity contribution < 1.29 is 0 Å². The lowest BCUT2D eigenvalue weighted by Crippen LogP contribution is -2.27. The topological polar surface area (TPSA) is 3.24 Å². The summed E-state index contributed by atoms with van der Waals surface area (Å²) in [4.78, 5) is 2.53. The summed E-state index contributed by atoms with van der Waals surface area (Å²) in [5.74, 6) is 6.98. The Kier molecular flexibility index (Phi) is 4.56. The van der Waals surface area contributed by atoms with Gasteiger partial charge in [-0.2, -0.15) is 0 Å². The van der Waals surface area contributed by atoms with Crippen LogP contribution in [-0.2, 0) is 6.54 Å². The highest BCUT2D eigenvalue weighted by Crippen LogP contribution is 2.21. The van der Waals surface area contributed by atoms with Crippen LogP contribution in [0.25, 0.3) is 0 Å². The zero-order valence-electron chi connectivity index (χ0n) is 12.1. The fourth-order valence-corrected chi connectivity index (χ4v) is 3.12. The SMILES string of the molecule is C(#C[C@@H]1CCCN1Cc1ccccc1)C1=CCCCC1. The Labute approximate surface area is 122 Å². The molecule has 0 N–H and O–H groups in total. The third-order valence-corrected chi connectivity index (χ3v) is 4.28. The van der Waals surface area contributed by atoms with Gasteiger partial charge in [-0.15, -0.1) is 0 Å². The smallest absolute Gasteiger partial charge is 0.0721 e. The molecule has 2 aliphatic rings. The predicted octanol–water partition coefficient (Wildman–Crippen LogP) is 4.15. The minimum atomic E-state index is 0.457. The maximum atomic E-state index is 3.53. The molecule has 1 aromatic rings. The Morgan fingerprint density at radius 3 is 2.80 bits per heavy atom. The second-order valence-electron chi connectivity index (χ2n) is 5.86. The number of benzene rings is 1. The molecule has 1 aromatic carbocycles. The molecule has 20 heavy (non-hydrogen) atoms. The van der Waals surface area contributed by atoms with Gasteiger partial charge in [0, 0.05) is 6.54 Å². The summed E-state index contributed by atoms with van der Waals surface area (Å²) in [7, 11) is 0. The molecule has 0 spiro atoms. The average molecular weight is 265 g/mol. The number of hydrogen-bond donors (Lipinski definition) is 0. The molecule has 1 nitrogen and oxygen atoms in total. The summed E-state index contributed by atoms with van der Waals surface area (Å²) in [6.07, 6.45) is 9.93. The van der Waals surface area contributed by atoms with E-state index in [2.05, 4.69) is 53.1 Å². The van der Waals surface area contributed by atoms with E-state index in [-0.39, 0.29) is 0 Å². The second kappa shape index (κ2) is 6.77. The van der Waals surface area contributed by atoms with E-state index in [0.717, 1.165) is 6.54 Å². The third kappa shape index (κ3) is 3.52. The highest BCUT2D eigenvalue weighted by Gasteiger charge is 2.22. The van der Waals surface area contributed by atoms with E-state index < -0.39 is 0 Å². The Balaban J connectivity index is 1.64. The maximum absolute atomic E-state index is 3.53. The first-order valence-corrected chi connectivity index (χ1v) is 7.90. The summed E-state index contributed by atoms with van der Waals surface area (Å²) in [6, 6.07) is 11.2. The molecule has 0 radical (unpaired) electrons. The largest absolute Gasteiger partial charge is 0.285 e. The second-order valence-corrected chi connectivity index (χ2v) is 5.86. The molecule has 1 aliphatic carbocycles. The Morgan fingerprint density at radius 1 is 1.10 bits per heavy atom. The summed E-state index contributed by atoms with van der Waals surface area (Å²) < 4.78 is 0. The molecule has 0 bridgehead atoms. The highest BCUT2D eigenvalue weighted by molar-refractivity contribution is 5.31. The van der Waals surface area contributed by atoms with Gasteiger partial charge in [-0.25, -0.2) is 0 Å². The molecule has 0 unspecified atom stereocenters. The molecule has 0 amide bonds. The molecule has 3 rings (SSSR count). The minimum absolute atomic E-state index is 0.457. The van der Waals surface area contributed by atoms with Crippen molar-refractivity contribution in [1.82, 2.24) is 4.90 Å². The van der Waals surface area contributed by atoms with Crippen molar-refractivity contribution in [2.75, 3.05) is 6.54 Å². The van der Waals surface area contributed by atoms with E-state index in [4.69, 9.17) is 0 Å². The first-order chi connectivity index (χ1) is 9.92. The molecule has 1 atom stereocenters. The molecular weight excluding hydrogens is 242 g/mol. The van der Waals surface area contributed by atoms with Gasteiger partial charge in [0.1, 0.15) is 0 Å². The van der Waals surface area contributed by atoms with Crippen molar-refractivity contribution in [2.24, 2.45) is 0 Å². The van der Waals surface area contributed by atoms with Crippen LogP contribution in [0.2, 0.25) is 0 Å². The molecule has 1 saturated heterocycles. The van der Waals surface area contributed by atoms with Gasteiger partial charge < -0.3 is 0 Å². The fourth-order valence-electron chi connectivity index (χ4n) is 3.12. The van der Waals surface area contributed by atoms with E-state index in [9.17, 15) is 0 Å². The lowest BCUT2D eigenvalue weighted by molar-refractivity contribution is 0.288. The fraction of sp³-hybridized carbons (Fsp3) is 0.474. The number of rotatable bonds is 2. The van der Waals surface area contributed by atoms with Gasteiger partial charge in [0.05, 0.1) is 6.04 Å². The molecule has 0 saturated carbocycles. The Hall–Kier alpha value is -1.52. The van der Waals surface area contributed by atoms with Gasteiger partial charge in [-0.1, -0.05) is 48.2 Å². The van der Waals surface area contributed by atoms with E-state index in [0.29, 0.717) is 6.04 Å². The number of allylic oxidation sites excluding steroid dienone is 2. The zero-order valence-corrected chi connectivity index (χ0v) is 12.1. The first kappa shape index (κ1) is 13.5. The van der Waals surface area contributed by atoms with Crippen LogP contribution in [0.3, 0.4) is 0 Å². The van der Waals surface area contributed by atoms with Crippen LogP contribution in [0.15, 0.2) is 42.0 Å². The van der Waals surface area contributed by atoms with Gasteiger partial charge in [-0.3, -0.25) is 4.90 Å². The van der Waals surface area contributed by atoms with Crippen molar-refractivity contribution in [3.63, 3.8) is 0 Å². The quantitative estimate of drug-likeness (QED) is 0.726. The standard InChI is InChI=1S/C19H23N/c1-3-8-17(9-4-1)13-14-19-12-7-15-20(19)16-18-10-5-2-6-11-18/h2,5-6,8,10-11,19H,1,3-4,7,9,12,15-16H2/t19-/m0/s1. The molecular formula is C19H23N. The summed E-state index contributed by atoms with van der Waals surface area (Å²) in [5, 5.41) is 0. The van der Waals surface area contributed by atoms with E-state index in [1.54, 1.807) is 0 Å². The predicted molar refractivity (Wildman–Crippen MR) is 84.2 cm³/mol. The summed E-state index contributed by atoms with van der Waals surface area (Å²) in [5.41, 5.74) is 2.78. The molecule has 0 aromatic heterocycles. The van der Waals surface area contributed by atoms with Gasteiger partial charge in [0.25, 0.3) is 0 Å². The van der Waals surface area contributed by atoms with Gasteiger partial charge in [0.2, 0.25) is 0 Å². The molecule has 1 heterocycles. The minimum Gasteiger partial charge on any atom is -0.285 e. The average Bonchev–Trinajstić information content (AvgIpc) is 2.94. The van der Waals surface area contributed by atoms with E-state index in [1.165, 1.54) is 56.2 Å². The molecule has 1 aliphatic heterocycles. The van der Waals surface area contributed by atoms with Crippen molar-refractivity contribution in [2.45, 2.75) is 51.1 Å². The Morgan fingerprint density at radius 2 is 2.00 bits per heavy atom. The number of hydrogen-bond acceptors (Lipinski definition) is 1. The third-order valence-electron chi connectivity index (χ3n) is 4.28. The van der Waals surface area contributed by atoms with Crippen molar-refractivity contribution in [3.8, 4) is 11.8 Å². The molecule has 104 valence electrons. The first-order valence-electron chi connectivity index (χ1n) is 7.90. The van der Waals surface area contributed by atoms with Crippen LogP contribution in [0.1, 0.15) is 44.1 Å². The van der Waals surface area contributed by atoms with E-state index >= 15 is 0 Å². The normalized spacial score (nSPS) is 23.0. The van der Waals surface area contributed by atoms with Gasteiger partial charge >= 0.3 is 0 Å². The molecule has 1 fully saturated rings. The lowest BCUT2D eigenvalue weighted by Gasteiger charge is -2.20. The van der Waals surface area contributed by atoms with Crippen LogP contribution < -0.4 is 0 Å². The summed E-state index contributed by atoms with van der Waals surface area (Å²) in [6.45, 7) is 2.23. The van der Waals surface area contributed by atoms with Gasteiger partial charge in [-0.05, 0) is 56.2 Å². The van der Waals surface area contributed by atoms with Gasteiger partial charge in [0.15, 0.2) is 0 Å². The summed E-state index contributed by atoms with van der Waals surface area (Å²) >= 11 is 0. The Bertz CT molecular complexity index is 518. The van der Waals surface area contributed by atoms with E-state index in [1.807, 2.05) is 0 Å². The number of nitrogens with zero attached hydrogens (tertiary/aromatic N) is 1. The molecule has 1 heteroatoms. The van der Waals surface area contributed by atoms with Crippen molar-refractivity contribution in [1.29, 1.82) is 0 Å². The lowest BCUT2D eigenvalue weighted by atomic mass is 10.00. The monoisotopic (exact) mass is 265 g/mol. The van der Waals surface area contributed by atoms with Crippen LogP contribution in [0, 0.1) is 11.8 Å².